The number of nitrogens with zero attached hydrogens (tertiary/aromatic N) is 2. The van der Waals surface area contributed by atoms with Crippen molar-refractivity contribution < 1.29 is 0 Å². The lowest BCUT2D eigenvalue weighted by Gasteiger charge is -2.22. The van der Waals surface area contributed by atoms with E-state index in [1.807, 2.05) is 24.3 Å². The maximum absolute atomic E-state index is 9.59. The third-order valence-electron chi connectivity index (χ3n) is 4.53. The molecular weight excluding hydrogens is 415 g/mol. The number of benzene rings is 2. The van der Waals surface area contributed by atoms with Crippen LogP contribution >= 0.6 is 23.2 Å². The SMILES string of the molecule is C#C[C@@H](Nc1cc(Cl)c2ncc(C#N)c(NCC(C)(C)C)c2c1)c1ccccc1Cl. The summed E-state index contributed by atoms with van der Waals surface area (Å²) in [4.78, 5) is 4.39. The lowest BCUT2D eigenvalue weighted by Crippen LogP contribution is -2.19. The van der Waals surface area contributed by atoms with Gasteiger partial charge in [-0.25, -0.2) is 0 Å². The highest BCUT2D eigenvalue weighted by Crippen LogP contribution is 2.35. The monoisotopic (exact) mass is 436 g/mol. The van der Waals surface area contributed by atoms with Crippen molar-refractivity contribution in [1.82, 2.24) is 4.98 Å². The number of hydrogen-bond acceptors (Lipinski definition) is 4. The second kappa shape index (κ2) is 8.84. The molecule has 30 heavy (non-hydrogen) atoms. The van der Waals surface area contributed by atoms with Crippen molar-refractivity contribution in [2.45, 2.75) is 26.8 Å². The molecule has 1 atom stereocenters. The fourth-order valence-corrected chi connectivity index (χ4v) is 3.57. The molecule has 152 valence electrons. The zero-order chi connectivity index (χ0) is 21.9. The summed E-state index contributed by atoms with van der Waals surface area (Å²) in [5.74, 6) is 2.74. The number of rotatable bonds is 5. The fourth-order valence-electron chi connectivity index (χ4n) is 3.06. The first kappa shape index (κ1) is 21.8. The number of halogens is 2. The maximum atomic E-state index is 9.59. The van der Waals surface area contributed by atoms with E-state index in [1.54, 1.807) is 18.3 Å². The van der Waals surface area contributed by atoms with Crippen LogP contribution in [0.3, 0.4) is 0 Å². The Balaban J connectivity index is 2.08. The van der Waals surface area contributed by atoms with Crippen LogP contribution in [0.2, 0.25) is 10.0 Å². The Labute approximate surface area is 187 Å². The normalized spacial score (nSPS) is 12.1. The number of pyridine rings is 1. The Morgan fingerprint density at radius 1 is 1.17 bits per heavy atom. The molecule has 1 aromatic heterocycles. The second-order valence-electron chi connectivity index (χ2n) is 8.19. The second-order valence-corrected chi connectivity index (χ2v) is 9.01. The Hall–Kier alpha value is -2.92. The van der Waals surface area contributed by atoms with Crippen molar-refractivity contribution in [2.75, 3.05) is 17.2 Å². The molecule has 2 N–H and O–H groups in total. The first-order valence-electron chi connectivity index (χ1n) is 9.47. The van der Waals surface area contributed by atoms with E-state index in [0.717, 1.165) is 10.9 Å². The summed E-state index contributed by atoms with van der Waals surface area (Å²) in [6, 6.07) is 12.9. The summed E-state index contributed by atoms with van der Waals surface area (Å²) in [7, 11) is 0. The van der Waals surface area contributed by atoms with Crippen LogP contribution in [0.1, 0.15) is 37.9 Å². The van der Waals surface area contributed by atoms with Crippen LogP contribution in [-0.4, -0.2) is 11.5 Å². The molecule has 3 aromatic rings. The van der Waals surface area contributed by atoms with Crippen molar-refractivity contribution in [3.8, 4) is 18.4 Å². The van der Waals surface area contributed by atoms with Crippen molar-refractivity contribution in [1.29, 1.82) is 5.26 Å². The highest BCUT2D eigenvalue weighted by atomic mass is 35.5. The average molecular weight is 437 g/mol. The highest BCUT2D eigenvalue weighted by Gasteiger charge is 2.17. The Bertz CT molecular complexity index is 1170. The molecular formula is C24H22Cl2N4. The quantitative estimate of drug-likeness (QED) is 0.439. The molecule has 0 spiro atoms. The van der Waals surface area contributed by atoms with Gasteiger partial charge in [0.25, 0.3) is 0 Å². The van der Waals surface area contributed by atoms with Gasteiger partial charge in [-0.15, -0.1) is 6.42 Å². The molecule has 4 nitrogen and oxygen atoms in total. The van der Waals surface area contributed by atoms with Crippen LogP contribution in [0.4, 0.5) is 11.4 Å². The summed E-state index contributed by atoms with van der Waals surface area (Å²) in [5, 5.41) is 18.1. The van der Waals surface area contributed by atoms with Crippen LogP contribution in [0.25, 0.3) is 10.9 Å². The van der Waals surface area contributed by atoms with E-state index in [4.69, 9.17) is 29.6 Å². The summed E-state index contributed by atoms with van der Waals surface area (Å²) in [6.45, 7) is 7.05. The molecule has 0 aliphatic carbocycles. The molecule has 0 unspecified atom stereocenters. The van der Waals surface area contributed by atoms with E-state index in [-0.39, 0.29) is 5.41 Å². The van der Waals surface area contributed by atoms with Gasteiger partial charge in [0.1, 0.15) is 12.1 Å². The van der Waals surface area contributed by atoms with Crippen LogP contribution < -0.4 is 10.6 Å². The molecule has 0 fully saturated rings. The van der Waals surface area contributed by atoms with Gasteiger partial charge >= 0.3 is 0 Å². The number of nitriles is 1. The first-order valence-corrected chi connectivity index (χ1v) is 10.2. The van der Waals surface area contributed by atoms with E-state index >= 15 is 0 Å². The third-order valence-corrected chi connectivity index (χ3v) is 5.17. The lowest BCUT2D eigenvalue weighted by molar-refractivity contribution is 0.443. The third kappa shape index (κ3) is 4.79. The van der Waals surface area contributed by atoms with Gasteiger partial charge in [-0.1, -0.05) is 68.1 Å². The minimum atomic E-state index is -0.440. The summed E-state index contributed by atoms with van der Waals surface area (Å²) in [5.41, 5.74) is 3.32. The van der Waals surface area contributed by atoms with Gasteiger partial charge in [0.2, 0.25) is 0 Å². The van der Waals surface area contributed by atoms with Crippen LogP contribution in [0.5, 0.6) is 0 Å². The lowest BCUT2D eigenvalue weighted by atomic mass is 9.96. The molecule has 0 amide bonds. The zero-order valence-electron chi connectivity index (χ0n) is 17.1. The Morgan fingerprint density at radius 2 is 1.90 bits per heavy atom. The van der Waals surface area contributed by atoms with Gasteiger partial charge in [0.05, 0.1) is 21.8 Å². The van der Waals surface area contributed by atoms with Crippen LogP contribution in [-0.2, 0) is 0 Å². The number of terminal acetylenes is 1. The number of anilines is 2. The fraction of sp³-hybridized carbons (Fsp3) is 0.250. The highest BCUT2D eigenvalue weighted by molar-refractivity contribution is 6.36. The van der Waals surface area contributed by atoms with Crippen LogP contribution in [0.15, 0.2) is 42.6 Å². The molecule has 3 rings (SSSR count). The standard InChI is InChI=1S/C24H22Cl2N4/c1-5-21(17-8-6-7-9-19(17)25)30-16-10-18-22(29-14-24(2,3)4)15(12-27)13-28-23(18)20(26)11-16/h1,6-11,13,21,30H,14H2,2-4H3,(H,28,29)/t21-/m1/s1. The van der Waals surface area contributed by atoms with Gasteiger partial charge in [0.15, 0.2) is 0 Å². The van der Waals surface area contributed by atoms with E-state index in [9.17, 15) is 5.26 Å². The first-order chi connectivity index (χ1) is 14.2. The molecule has 2 aromatic carbocycles. The van der Waals surface area contributed by atoms with E-state index in [1.165, 1.54) is 0 Å². The molecule has 6 heteroatoms. The van der Waals surface area contributed by atoms with Crippen molar-refractivity contribution in [3.63, 3.8) is 0 Å². The predicted molar refractivity (Wildman–Crippen MR) is 126 cm³/mol. The zero-order valence-corrected chi connectivity index (χ0v) is 18.6. The van der Waals surface area contributed by atoms with Gasteiger partial charge < -0.3 is 10.6 Å². The van der Waals surface area contributed by atoms with Gasteiger partial charge in [-0.05, 0) is 23.6 Å². The van der Waals surface area contributed by atoms with E-state index < -0.39 is 6.04 Å². The summed E-state index contributed by atoms with van der Waals surface area (Å²) in [6.07, 6.45) is 7.31. The predicted octanol–water partition coefficient (Wildman–Crippen LogP) is 6.66. The van der Waals surface area contributed by atoms with Crippen molar-refractivity contribution in [3.05, 3.63) is 63.8 Å². The number of aromatic nitrogens is 1. The van der Waals surface area contributed by atoms with Crippen molar-refractivity contribution in [2.24, 2.45) is 5.41 Å². The molecule has 0 aliphatic rings. The van der Waals surface area contributed by atoms with E-state index in [0.29, 0.717) is 39.0 Å². The molecule has 0 aliphatic heterocycles. The summed E-state index contributed by atoms with van der Waals surface area (Å²) < 4.78 is 0. The molecule has 0 radical (unpaired) electrons. The topological polar surface area (TPSA) is 60.7 Å². The molecule has 0 saturated heterocycles. The van der Waals surface area contributed by atoms with Crippen molar-refractivity contribution >= 4 is 45.5 Å². The average Bonchev–Trinajstić information content (AvgIpc) is 2.70. The Morgan fingerprint density at radius 3 is 2.53 bits per heavy atom. The molecule has 0 bridgehead atoms. The number of fused-ring (bicyclic) bond motifs is 1. The number of nitrogens with one attached hydrogen (secondary N) is 2. The largest absolute Gasteiger partial charge is 0.383 e. The molecule has 1 heterocycles. The maximum Gasteiger partial charge on any atom is 0.115 e. The van der Waals surface area contributed by atoms with E-state index in [2.05, 4.69) is 48.4 Å². The summed E-state index contributed by atoms with van der Waals surface area (Å²) >= 11 is 12.9. The molecule has 0 saturated carbocycles. The number of hydrogen-bond donors (Lipinski definition) is 2. The van der Waals surface area contributed by atoms with Gasteiger partial charge in [-0.3, -0.25) is 4.98 Å². The van der Waals surface area contributed by atoms with Gasteiger partial charge in [-0.2, -0.15) is 5.26 Å². The minimum absolute atomic E-state index is 0.0284. The van der Waals surface area contributed by atoms with Gasteiger partial charge in [0, 0.05) is 34.4 Å². The van der Waals surface area contributed by atoms with Crippen LogP contribution in [0, 0.1) is 29.1 Å². The Kier molecular flexibility index (Phi) is 6.42. The minimum Gasteiger partial charge on any atom is -0.383 e. The smallest absolute Gasteiger partial charge is 0.115 e.